The van der Waals surface area contributed by atoms with E-state index >= 15 is 0 Å². The molecule has 0 saturated carbocycles. The molecule has 2 aromatic heterocycles. The third-order valence-electron chi connectivity index (χ3n) is 2.73. The lowest BCUT2D eigenvalue weighted by Gasteiger charge is -2.16. The van der Waals surface area contributed by atoms with Crippen LogP contribution in [-0.2, 0) is 0 Å². The molecular weight excluding hydrogens is 238 g/mol. The van der Waals surface area contributed by atoms with Crippen LogP contribution in [0.4, 0.5) is 5.82 Å². The van der Waals surface area contributed by atoms with E-state index in [4.69, 9.17) is 11.6 Å². The number of nitrogens with zero attached hydrogens (tertiary/aromatic N) is 3. The predicted molar refractivity (Wildman–Crippen MR) is 69.3 cm³/mol. The Balaban J connectivity index is 2.30. The molecule has 0 bridgehead atoms. The number of aromatic nitrogens is 4. The van der Waals surface area contributed by atoms with E-state index in [1.54, 1.807) is 6.33 Å². The van der Waals surface area contributed by atoms with Crippen LogP contribution >= 0.6 is 11.6 Å². The van der Waals surface area contributed by atoms with Crippen LogP contribution in [-0.4, -0.2) is 26.0 Å². The predicted octanol–water partition coefficient (Wildman–Crippen LogP) is 3.00. The Bertz CT molecular complexity index is 496. The highest BCUT2D eigenvalue weighted by molar-refractivity contribution is 6.28. The number of imidazole rings is 1. The number of fused-ring (bicyclic) bond motifs is 1. The van der Waals surface area contributed by atoms with Gasteiger partial charge in [0.2, 0.25) is 5.28 Å². The molecule has 0 aliphatic carbocycles. The highest BCUT2D eigenvalue weighted by atomic mass is 35.5. The van der Waals surface area contributed by atoms with Crippen molar-refractivity contribution in [1.82, 2.24) is 19.9 Å². The number of hydrogen-bond acceptors (Lipinski definition) is 4. The molecule has 0 spiro atoms. The minimum absolute atomic E-state index is 0.221. The van der Waals surface area contributed by atoms with Gasteiger partial charge in [0, 0.05) is 6.04 Å². The number of rotatable bonds is 5. The van der Waals surface area contributed by atoms with Crippen LogP contribution in [0.15, 0.2) is 6.33 Å². The first-order chi connectivity index (χ1) is 8.24. The Hall–Kier alpha value is -1.36. The smallest absolute Gasteiger partial charge is 0.226 e. The summed E-state index contributed by atoms with van der Waals surface area (Å²) in [5, 5.41) is 3.61. The fraction of sp³-hybridized carbons (Fsp3) is 0.545. The van der Waals surface area contributed by atoms with Crippen LogP contribution in [0.25, 0.3) is 11.2 Å². The molecular formula is C11H16ClN5. The Morgan fingerprint density at radius 2 is 2.24 bits per heavy atom. The van der Waals surface area contributed by atoms with Gasteiger partial charge in [0.05, 0.1) is 6.33 Å². The molecule has 0 fully saturated rings. The number of aromatic amines is 1. The summed E-state index contributed by atoms with van der Waals surface area (Å²) in [5.74, 6) is 0.734. The number of H-pyrrole nitrogens is 1. The van der Waals surface area contributed by atoms with Gasteiger partial charge >= 0.3 is 0 Å². The molecule has 2 rings (SSSR count). The average molecular weight is 254 g/mol. The van der Waals surface area contributed by atoms with Crippen LogP contribution in [0, 0.1) is 0 Å². The normalized spacial score (nSPS) is 12.9. The third kappa shape index (κ3) is 2.66. The second-order valence-corrected chi connectivity index (χ2v) is 4.32. The summed E-state index contributed by atoms with van der Waals surface area (Å²) in [7, 11) is 0. The summed E-state index contributed by atoms with van der Waals surface area (Å²) in [6.07, 6.45) is 4.89. The number of halogens is 1. The molecule has 0 aliphatic rings. The number of anilines is 1. The van der Waals surface area contributed by atoms with Crippen molar-refractivity contribution in [2.75, 3.05) is 5.32 Å². The zero-order chi connectivity index (χ0) is 12.3. The quantitative estimate of drug-likeness (QED) is 0.804. The summed E-state index contributed by atoms with van der Waals surface area (Å²) < 4.78 is 0. The molecule has 17 heavy (non-hydrogen) atoms. The third-order valence-corrected chi connectivity index (χ3v) is 2.90. The molecule has 0 aliphatic heterocycles. The summed E-state index contributed by atoms with van der Waals surface area (Å²) in [6.45, 7) is 4.32. The highest BCUT2D eigenvalue weighted by Gasteiger charge is 2.12. The van der Waals surface area contributed by atoms with Crippen molar-refractivity contribution < 1.29 is 0 Å². The van der Waals surface area contributed by atoms with E-state index < -0.39 is 0 Å². The Labute approximate surface area is 105 Å². The fourth-order valence-corrected chi connectivity index (χ4v) is 2.00. The zero-order valence-electron chi connectivity index (χ0n) is 10.00. The molecule has 1 unspecified atom stereocenters. The molecule has 0 radical (unpaired) electrons. The van der Waals surface area contributed by atoms with Crippen molar-refractivity contribution in [1.29, 1.82) is 0 Å². The topological polar surface area (TPSA) is 66.5 Å². The van der Waals surface area contributed by atoms with E-state index in [1.807, 2.05) is 0 Å². The van der Waals surface area contributed by atoms with E-state index in [0.717, 1.165) is 30.6 Å². The Kier molecular flexibility index (Phi) is 3.78. The van der Waals surface area contributed by atoms with Crippen molar-refractivity contribution in [3.05, 3.63) is 11.6 Å². The van der Waals surface area contributed by atoms with E-state index in [2.05, 4.69) is 39.1 Å². The van der Waals surface area contributed by atoms with Gasteiger partial charge in [-0.1, -0.05) is 20.3 Å². The standard InChI is InChI=1S/C11H16ClN5/c1-3-5-7(4-2)15-10-8-9(14-6-13-8)16-11(12)17-10/h6-7H,3-5H2,1-2H3,(H2,13,14,15,16,17). The lowest BCUT2D eigenvalue weighted by Crippen LogP contribution is -2.19. The van der Waals surface area contributed by atoms with Crippen LogP contribution in [0.5, 0.6) is 0 Å². The number of hydrogen-bond donors (Lipinski definition) is 2. The number of nitrogens with one attached hydrogen (secondary N) is 2. The average Bonchev–Trinajstić information content (AvgIpc) is 2.76. The van der Waals surface area contributed by atoms with E-state index in [1.165, 1.54) is 0 Å². The lowest BCUT2D eigenvalue weighted by atomic mass is 10.1. The fourth-order valence-electron chi connectivity index (χ4n) is 1.83. The molecule has 0 amide bonds. The van der Waals surface area contributed by atoms with Gasteiger partial charge in [-0.3, -0.25) is 0 Å². The van der Waals surface area contributed by atoms with Crippen LogP contribution in [0.1, 0.15) is 33.1 Å². The van der Waals surface area contributed by atoms with Gasteiger partial charge in [0.25, 0.3) is 0 Å². The molecule has 1 atom stereocenters. The highest BCUT2D eigenvalue weighted by Crippen LogP contribution is 2.20. The molecule has 2 heterocycles. The van der Waals surface area contributed by atoms with Crippen molar-refractivity contribution >= 4 is 28.6 Å². The van der Waals surface area contributed by atoms with Gasteiger partial charge in [-0.05, 0) is 24.4 Å². The monoisotopic (exact) mass is 253 g/mol. The molecule has 2 N–H and O–H groups in total. The second-order valence-electron chi connectivity index (χ2n) is 3.98. The molecule has 5 nitrogen and oxygen atoms in total. The van der Waals surface area contributed by atoms with Crippen LogP contribution < -0.4 is 5.32 Å². The van der Waals surface area contributed by atoms with Gasteiger partial charge in [-0.15, -0.1) is 0 Å². The second kappa shape index (κ2) is 5.31. The summed E-state index contributed by atoms with van der Waals surface area (Å²) in [5.41, 5.74) is 1.41. The SMILES string of the molecule is CCCC(CC)Nc1nc(Cl)nc2nc[nH]c12. The zero-order valence-corrected chi connectivity index (χ0v) is 10.8. The van der Waals surface area contributed by atoms with Gasteiger partial charge in [-0.25, -0.2) is 4.98 Å². The Morgan fingerprint density at radius 1 is 1.41 bits per heavy atom. The van der Waals surface area contributed by atoms with Crippen LogP contribution in [0.2, 0.25) is 5.28 Å². The maximum absolute atomic E-state index is 5.87. The van der Waals surface area contributed by atoms with Crippen molar-refractivity contribution in [3.8, 4) is 0 Å². The maximum Gasteiger partial charge on any atom is 0.226 e. The van der Waals surface area contributed by atoms with Gasteiger partial charge in [0.1, 0.15) is 5.52 Å². The minimum Gasteiger partial charge on any atom is -0.365 e. The van der Waals surface area contributed by atoms with Gasteiger partial charge < -0.3 is 10.3 Å². The van der Waals surface area contributed by atoms with Gasteiger partial charge in [-0.2, -0.15) is 9.97 Å². The first-order valence-electron chi connectivity index (χ1n) is 5.87. The molecule has 0 saturated heterocycles. The van der Waals surface area contributed by atoms with Gasteiger partial charge in [0.15, 0.2) is 11.5 Å². The van der Waals surface area contributed by atoms with Crippen molar-refractivity contribution in [2.24, 2.45) is 0 Å². The molecule has 6 heteroatoms. The summed E-state index contributed by atoms with van der Waals surface area (Å²) in [6, 6.07) is 0.400. The lowest BCUT2D eigenvalue weighted by molar-refractivity contribution is 0.621. The van der Waals surface area contributed by atoms with Crippen molar-refractivity contribution in [3.63, 3.8) is 0 Å². The Morgan fingerprint density at radius 3 is 2.94 bits per heavy atom. The summed E-state index contributed by atoms with van der Waals surface area (Å²) >= 11 is 5.87. The largest absolute Gasteiger partial charge is 0.365 e. The molecule has 0 aromatic carbocycles. The van der Waals surface area contributed by atoms with E-state index in [9.17, 15) is 0 Å². The van der Waals surface area contributed by atoms with Crippen LogP contribution in [0.3, 0.4) is 0 Å². The van der Waals surface area contributed by atoms with Crippen molar-refractivity contribution in [2.45, 2.75) is 39.2 Å². The first-order valence-corrected chi connectivity index (χ1v) is 6.25. The molecule has 2 aromatic rings. The van der Waals surface area contributed by atoms with E-state index in [-0.39, 0.29) is 5.28 Å². The minimum atomic E-state index is 0.221. The first kappa shape index (κ1) is 12.1. The maximum atomic E-state index is 5.87. The molecule has 92 valence electrons. The summed E-state index contributed by atoms with van der Waals surface area (Å²) in [4.78, 5) is 15.4. The van der Waals surface area contributed by atoms with E-state index in [0.29, 0.717) is 11.7 Å².